The van der Waals surface area contributed by atoms with Crippen molar-refractivity contribution < 1.29 is 23.7 Å². The maximum atomic E-state index is 13.3. The van der Waals surface area contributed by atoms with Crippen LogP contribution in [-0.2, 0) is 0 Å². The molecule has 8 heteroatoms. The van der Waals surface area contributed by atoms with Crippen LogP contribution in [-0.4, -0.2) is 44.0 Å². The Morgan fingerprint density at radius 2 is 1.53 bits per heavy atom. The molecule has 1 heterocycles. The van der Waals surface area contributed by atoms with Gasteiger partial charge >= 0.3 is 0 Å². The quantitative estimate of drug-likeness (QED) is 0.238. The van der Waals surface area contributed by atoms with Gasteiger partial charge in [0, 0.05) is 41.9 Å². The first-order chi connectivity index (χ1) is 17.6. The van der Waals surface area contributed by atoms with Crippen LogP contribution in [0.4, 0.5) is 5.69 Å². The number of methoxy groups -OCH3 is 4. The molecule has 0 bridgehead atoms. The molecule has 0 amide bonds. The number of hydrogen-bond acceptors (Lipinski definition) is 7. The Kier molecular flexibility index (Phi) is 7.55. The lowest BCUT2D eigenvalue weighted by atomic mass is 10.1. The summed E-state index contributed by atoms with van der Waals surface area (Å²) in [5, 5.41) is 7.81. The van der Waals surface area contributed by atoms with Crippen LogP contribution in [0.15, 0.2) is 85.2 Å². The summed E-state index contributed by atoms with van der Waals surface area (Å²) >= 11 is 0. The molecule has 0 radical (unpaired) electrons. The first-order valence-electron chi connectivity index (χ1n) is 11.1. The molecule has 184 valence electrons. The zero-order valence-corrected chi connectivity index (χ0v) is 20.5. The van der Waals surface area contributed by atoms with Gasteiger partial charge in [0.25, 0.3) is 0 Å². The third-order valence-electron chi connectivity index (χ3n) is 5.51. The van der Waals surface area contributed by atoms with E-state index in [9.17, 15) is 4.79 Å². The number of rotatable bonds is 10. The zero-order valence-electron chi connectivity index (χ0n) is 20.5. The predicted octanol–water partition coefficient (Wildman–Crippen LogP) is 5.38. The molecule has 0 aliphatic rings. The highest BCUT2D eigenvalue weighted by atomic mass is 16.5. The Hall–Kier alpha value is -4.72. The van der Waals surface area contributed by atoms with Crippen LogP contribution < -0.4 is 24.3 Å². The van der Waals surface area contributed by atoms with Gasteiger partial charge < -0.3 is 24.3 Å². The van der Waals surface area contributed by atoms with Crippen molar-refractivity contribution >= 4 is 11.5 Å². The summed E-state index contributed by atoms with van der Waals surface area (Å²) in [6.07, 6.45) is 4.77. The van der Waals surface area contributed by atoms with Crippen LogP contribution in [0.2, 0.25) is 0 Å². The van der Waals surface area contributed by atoms with E-state index in [0.717, 1.165) is 17.0 Å². The van der Waals surface area contributed by atoms with Gasteiger partial charge in [-0.15, -0.1) is 0 Å². The maximum absolute atomic E-state index is 13.3. The number of benzene rings is 3. The molecule has 8 nitrogen and oxygen atoms in total. The van der Waals surface area contributed by atoms with E-state index in [0.29, 0.717) is 34.2 Å². The molecule has 0 fully saturated rings. The predicted molar refractivity (Wildman–Crippen MR) is 139 cm³/mol. The normalized spacial score (nSPS) is 10.8. The lowest BCUT2D eigenvalue weighted by molar-refractivity contribution is 0.104. The van der Waals surface area contributed by atoms with Crippen molar-refractivity contribution in [1.82, 2.24) is 9.78 Å². The van der Waals surface area contributed by atoms with Gasteiger partial charge in [0.05, 0.1) is 39.7 Å². The highest BCUT2D eigenvalue weighted by molar-refractivity contribution is 6.08. The highest BCUT2D eigenvalue weighted by Crippen LogP contribution is 2.40. The van der Waals surface area contributed by atoms with E-state index in [-0.39, 0.29) is 5.78 Å². The lowest BCUT2D eigenvalue weighted by Crippen LogP contribution is -1.99. The minimum absolute atomic E-state index is 0.206. The molecule has 4 rings (SSSR count). The third kappa shape index (κ3) is 5.17. The molecule has 0 saturated heterocycles. The molecule has 1 aromatic heterocycles. The van der Waals surface area contributed by atoms with E-state index in [2.05, 4.69) is 5.32 Å². The molecule has 3 aromatic carbocycles. The van der Waals surface area contributed by atoms with E-state index in [1.54, 1.807) is 57.7 Å². The van der Waals surface area contributed by atoms with Crippen molar-refractivity contribution in [1.29, 1.82) is 0 Å². The maximum Gasteiger partial charge on any atom is 0.203 e. The topological polar surface area (TPSA) is 83.8 Å². The number of nitrogens with one attached hydrogen (secondary N) is 1. The van der Waals surface area contributed by atoms with Crippen molar-refractivity contribution in [3.05, 3.63) is 90.8 Å². The Balaban J connectivity index is 1.64. The summed E-state index contributed by atoms with van der Waals surface area (Å²) in [6, 6.07) is 20.6. The van der Waals surface area contributed by atoms with Crippen molar-refractivity contribution in [3.63, 3.8) is 0 Å². The van der Waals surface area contributed by atoms with Gasteiger partial charge in [0.1, 0.15) is 11.4 Å². The molecular weight excluding hydrogens is 458 g/mol. The van der Waals surface area contributed by atoms with Crippen LogP contribution in [0, 0.1) is 0 Å². The van der Waals surface area contributed by atoms with Crippen LogP contribution in [0.1, 0.15) is 10.4 Å². The number of carbonyl (C=O) groups is 1. The standard InChI is InChI=1S/C28H27N3O5/c1-33-22-12-10-19(11-13-22)27-23(18-31(30-27)21-8-6-5-7-9-21)24(32)14-15-29-20-16-25(34-2)28(36-4)26(17-20)35-3/h5-18,29H,1-4H3/b15-14-. The van der Waals surface area contributed by atoms with Crippen molar-refractivity contribution in [3.8, 4) is 39.9 Å². The van der Waals surface area contributed by atoms with E-state index in [4.69, 9.17) is 24.0 Å². The third-order valence-corrected chi connectivity index (χ3v) is 5.51. The summed E-state index contributed by atoms with van der Waals surface area (Å²) in [4.78, 5) is 13.3. The Morgan fingerprint density at radius 3 is 2.11 bits per heavy atom. The number of aromatic nitrogens is 2. The summed E-state index contributed by atoms with van der Waals surface area (Å²) in [5.74, 6) is 2.02. The molecule has 0 aliphatic carbocycles. The number of carbonyl (C=O) groups excluding carboxylic acids is 1. The van der Waals surface area contributed by atoms with Gasteiger partial charge in [-0.1, -0.05) is 18.2 Å². The SMILES string of the molecule is COc1ccc(-c2nn(-c3ccccc3)cc2C(=O)/C=C\Nc2cc(OC)c(OC)c(OC)c2)cc1. The number of nitrogens with zero attached hydrogens (tertiary/aromatic N) is 2. The molecule has 0 spiro atoms. The van der Waals surface area contributed by atoms with E-state index in [1.807, 2.05) is 54.6 Å². The molecule has 1 N–H and O–H groups in total. The monoisotopic (exact) mass is 485 g/mol. The van der Waals surface area contributed by atoms with Crippen LogP contribution in [0.5, 0.6) is 23.0 Å². The second-order valence-corrected chi connectivity index (χ2v) is 7.66. The summed E-state index contributed by atoms with van der Waals surface area (Å²) < 4.78 is 23.1. The van der Waals surface area contributed by atoms with Crippen molar-refractivity contribution in [2.75, 3.05) is 33.8 Å². The Morgan fingerprint density at radius 1 is 0.861 bits per heavy atom. The Labute approximate surface area is 209 Å². The highest BCUT2D eigenvalue weighted by Gasteiger charge is 2.17. The number of hydrogen-bond donors (Lipinski definition) is 1. The number of anilines is 1. The number of allylic oxidation sites excluding steroid dienone is 1. The zero-order chi connectivity index (χ0) is 25.5. The molecule has 0 aliphatic heterocycles. The van der Waals surface area contributed by atoms with Gasteiger partial charge in [-0.25, -0.2) is 4.68 Å². The van der Waals surface area contributed by atoms with E-state index >= 15 is 0 Å². The Bertz CT molecular complexity index is 1340. The van der Waals surface area contributed by atoms with E-state index in [1.165, 1.54) is 6.08 Å². The molecule has 0 saturated carbocycles. The smallest absolute Gasteiger partial charge is 0.203 e. The van der Waals surface area contributed by atoms with Gasteiger partial charge in [0.2, 0.25) is 5.75 Å². The molecule has 36 heavy (non-hydrogen) atoms. The lowest BCUT2D eigenvalue weighted by Gasteiger charge is -2.13. The number of ether oxygens (including phenoxy) is 4. The van der Waals surface area contributed by atoms with Gasteiger partial charge in [-0.3, -0.25) is 4.79 Å². The minimum atomic E-state index is -0.206. The van der Waals surface area contributed by atoms with Crippen molar-refractivity contribution in [2.24, 2.45) is 0 Å². The second-order valence-electron chi connectivity index (χ2n) is 7.66. The average molecular weight is 486 g/mol. The molecule has 0 atom stereocenters. The largest absolute Gasteiger partial charge is 0.497 e. The van der Waals surface area contributed by atoms with Crippen molar-refractivity contribution in [2.45, 2.75) is 0 Å². The van der Waals surface area contributed by atoms with Gasteiger partial charge in [-0.2, -0.15) is 5.10 Å². The van der Waals surface area contributed by atoms with Crippen LogP contribution >= 0.6 is 0 Å². The number of ketones is 1. The first kappa shape index (κ1) is 24.4. The summed E-state index contributed by atoms with van der Waals surface area (Å²) in [7, 11) is 6.25. The average Bonchev–Trinajstić information content (AvgIpc) is 3.38. The second kappa shape index (κ2) is 11.1. The minimum Gasteiger partial charge on any atom is -0.497 e. The molecular formula is C28H27N3O5. The first-order valence-corrected chi connectivity index (χ1v) is 11.1. The number of para-hydroxylation sites is 1. The van der Waals surface area contributed by atoms with Crippen LogP contribution in [0.25, 0.3) is 16.9 Å². The van der Waals surface area contributed by atoms with Gasteiger partial charge in [-0.05, 0) is 36.4 Å². The fourth-order valence-corrected chi connectivity index (χ4v) is 3.70. The summed E-state index contributed by atoms with van der Waals surface area (Å²) in [6.45, 7) is 0. The molecule has 4 aromatic rings. The van der Waals surface area contributed by atoms with Gasteiger partial charge in [0.15, 0.2) is 17.3 Å². The fraction of sp³-hybridized carbons (Fsp3) is 0.143. The summed E-state index contributed by atoms with van der Waals surface area (Å²) in [5.41, 5.74) is 3.37. The van der Waals surface area contributed by atoms with E-state index < -0.39 is 0 Å². The fourth-order valence-electron chi connectivity index (χ4n) is 3.70. The van der Waals surface area contributed by atoms with Crippen LogP contribution in [0.3, 0.4) is 0 Å². The molecule has 0 unspecified atom stereocenters.